The molecule has 0 amide bonds. The lowest BCUT2D eigenvalue weighted by molar-refractivity contribution is 0.185. The Morgan fingerprint density at radius 2 is 2.06 bits per heavy atom. The van der Waals surface area contributed by atoms with Gasteiger partial charge in [-0.05, 0) is 17.5 Å². The fraction of sp³-hybridized carbons (Fsp3) is 0.500. The molecule has 0 saturated heterocycles. The summed E-state index contributed by atoms with van der Waals surface area (Å²) in [6.45, 7) is 4.48. The topological polar surface area (TPSA) is 45.7 Å². The molecule has 0 bridgehead atoms. The first-order chi connectivity index (χ1) is 8.80. The van der Waals surface area contributed by atoms with Gasteiger partial charge >= 0.3 is 0 Å². The summed E-state index contributed by atoms with van der Waals surface area (Å²) in [4.78, 5) is 4.17. The number of hydrogen-bond acceptors (Lipinski definition) is 2. The Balaban J connectivity index is 2.49. The molecule has 0 fully saturated rings. The van der Waals surface area contributed by atoms with Crippen LogP contribution in [0.4, 0.5) is 0 Å². The van der Waals surface area contributed by atoms with E-state index in [2.05, 4.69) is 40.7 Å². The SMILES string of the molecule is CCCNC(=NC)NCc1cccc(COC)c1. The van der Waals surface area contributed by atoms with Crippen LogP contribution in [0.2, 0.25) is 0 Å². The summed E-state index contributed by atoms with van der Waals surface area (Å²) in [6.07, 6.45) is 1.09. The molecule has 2 N–H and O–H groups in total. The first-order valence-electron chi connectivity index (χ1n) is 6.31. The van der Waals surface area contributed by atoms with E-state index in [0.717, 1.165) is 25.5 Å². The van der Waals surface area contributed by atoms with Crippen LogP contribution in [-0.2, 0) is 17.9 Å². The first kappa shape index (κ1) is 14.5. The summed E-state index contributed by atoms with van der Waals surface area (Å²) >= 11 is 0. The van der Waals surface area contributed by atoms with Gasteiger partial charge in [0.25, 0.3) is 0 Å². The molecular formula is C14H23N3O. The Kier molecular flexibility index (Phi) is 6.87. The molecule has 0 aliphatic carbocycles. The van der Waals surface area contributed by atoms with Gasteiger partial charge in [0.05, 0.1) is 6.61 Å². The summed E-state index contributed by atoms with van der Waals surface area (Å²) in [7, 11) is 3.49. The van der Waals surface area contributed by atoms with E-state index in [1.165, 1.54) is 11.1 Å². The van der Waals surface area contributed by atoms with Gasteiger partial charge in [-0.25, -0.2) is 0 Å². The average molecular weight is 249 g/mol. The number of nitrogens with zero attached hydrogens (tertiary/aromatic N) is 1. The number of nitrogens with one attached hydrogen (secondary N) is 2. The van der Waals surface area contributed by atoms with Crippen LogP contribution in [0.15, 0.2) is 29.3 Å². The van der Waals surface area contributed by atoms with E-state index in [-0.39, 0.29) is 0 Å². The van der Waals surface area contributed by atoms with Gasteiger partial charge in [-0.3, -0.25) is 4.99 Å². The summed E-state index contributed by atoms with van der Waals surface area (Å²) in [6, 6.07) is 8.35. The van der Waals surface area contributed by atoms with Crippen LogP contribution in [0, 0.1) is 0 Å². The van der Waals surface area contributed by atoms with Gasteiger partial charge in [-0.15, -0.1) is 0 Å². The minimum absolute atomic E-state index is 0.649. The van der Waals surface area contributed by atoms with E-state index < -0.39 is 0 Å². The molecular weight excluding hydrogens is 226 g/mol. The van der Waals surface area contributed by atoms with Gasteiger partial charge in [-0.1, -0.05) is 31.2 Å². The number of ether oxygens (including phenoxy) is 1. The normalized spacial score (nSPS) is 11.4. The smallest absolute Gasteiger partial charge is 0.191 e. The van der Waals surface area contributed by atoms with Gasteiger partial charge in [0, 0.05) is 27.2 Å². The van der Waals surface area contributed by atoms with E-state index in [9.17, 15) is 0 Å². The molecule has 4 heteroatoms. The van der Waals surface area contributed by atoms with Crippen LogP contribution in [0.5, 0.6) is 0 Å². The maximum Gasteiger partial charge on any atom is 0.191 e. The molecule has 0 heterocycles. The first-order valence-corrected chi connectivity index (χ1v) is 6.31. The molecule has 0 saturated carbocycles. The highest BCUT2D eigenvalue weighted by Gasteiger charge is 1.98. The molecule has 0 radical (unpaired) electrons. The molecule has 4 nitrogen and oxygen atoms in total. The Labute approximate surface area is 109 Å². The third-order valence-corrected chi connectivity index (χ3v) is 2.53. The van der Waals surface area contributed by atoms with Crippen LogP contribution in [0.1, 0.15) is 24.5 Å². The number of hydrogen-bond donors (Lipinski definition) is 2. The van der Waals surface area contributed by atoms with Crippen molar-refractivity contribution >= 4 is 5.96 Å². The van der Waals surface area contributed by atoms with Crippen LogP contribution in [-0.4, -0.2) is 26.7 Å². The number of methoxy groups -OCH3 is 1. The number of aliphatic imine (C=N–C) groups is 1. The highest BCUT2D eigenvalue weighted by Crippen LogP contribution is 2.06. The number of benzene rings is 1. The number of guanidine groups is 1. The van der Waals surface area contributed by atoms with Crippen LogP contribution < -0.4 is 10.6 Å². The zero-order chi connectivity index (χ0) is 13.2. The predicted molar refractivity (Wildman–Crippen MR) is 75.6 cm³/mol. The zero-order valence-electron chi connectivity index (χ0n) is 11.5. The molecule has 0 atom stereocenters. The Morgan fingerprint density at radius 1 is 1.28 bits per heavy atom. The Hall–Kier alpha value is -1.55. The van der Waals surface area contributed by atoms with E-state index >= 15 is 0 Å². The molecule has 18 heavy (non-hydrogen) atoms. The van der Waals surface area contributed by atoms with Gasteiger partial charge < -0.3 is 15.4 Å². The van der Waals surface area contributed by atoms with E-state index in [4.69, 9.17) is 4.74 Å². The lowest BCUT2D eigenvalue weighted by atomic mass is 10.1. The molecule has 0 unspecified atom stereocenters. The average Bonchev–Trinajstić information content (AvgIpc) is 2.40. The van der Waals surface area contributed by atoms with Crippen molar-refractivity contribution in [1.82, 2.24) is 10.6 Å². The van der Waals surface area contributed by atoms with Crippen molar-refractivity contribution in [1.29, 1.82) is 0 Å². The Morgan fingerprint density at radius 3 is 2.72 bits per heavy atom. The van der Waals surface area contributed by atoms with E-state index in [0.29, 0.717) is 6.61 Å². The second-order valence-corrected chi connectivity index (χ2v) is 4.11. The van der Waals surface area contributed by atoms with Crippen molar-refractivity contribution in [2.24, 2.45) is 4.99 Å². The lowest BCUT2D eigenvalue weighted by Crippen LogP contribution is -2.37. The molecule has 1 aromatic rings. The maximum absolute atomic E-state index is 5.13. The third kappa shape index (κ3) is 5.19. The fourth-order valence-electron chi connectivity index (χ4n) is 1.65. The third-order valence-electron chi connectivity index (χ3n) is 2.53. The van der Waals surface area contributed by atoms with Crippen molar-refractivity contribution < 1.29 is 4.74 Å². The fourth-order valence-corrected chi connectivity index (χ4v) is 1.65. The molecule has 0 aliphatic heterocycles. The van der Waals surface area contributed by atoms with Crippen molar-refractivity contribution in [3.05, 3.63) is 35.4 Å². The number of rotatable bonds is 6. The summed E-state index contributed by atoms with van der Waals surface area (Å²) in [5.74, 6) is 0.842. The standard InChI is InChI=1S/C14H23N3O/c1-4-8-16-14(15-2)17-10-12-6-5-7-13(9-12)11-18-3/h5-7,9H,4,8,10-11H2,1-3H3,(H2,15,16,17). The van der Waals surface area contributed by atoms with Gasteiger partial charge in [-0.2, -0.15) is 0 Å². The minimum Gasteiger partial charge on any atom is -0.380 e. The largest absolute Gasteiger partial charge is 0.380 e. The summed E-state index contributed by atoms with van der Waals surface area (Å²) in [5, 5.41) is 6.53. The summed E-state index contributed by atoms with van der Waals surface area (Å²) < 4.78 is 5.13. The quantitative estimate of drug-likeness (QED) is 0.598. The highest BCUT2D eigenvalue weighted by atomic mass is 16.5. The Bertz CT molecular complexity index is 377. The predicted octanol–water partition coefficient (Wildman–Crippen LogP) is 1.91. The van der Waals surface area contributed by atoms with Gasteiger partial charge in [0.1, 0.15) is 0 Å². The monoisotopic (exact) mass is 249 g/mol. The molecule has 0 spiro atoms. The van der Waals surface area contributed by atoms with E-state index in [1.54, 1.807) is 14.2 Å². The van der Waals surface area contributed by atoms with Crippen LogP contribution in [0.3, 0.4) is 0 Å². The summed E-state index contributed by atoms with van der Waals surface area (Å²) in [5.41, 5.74) is 2.41. The zero-order valence-corrected chi connectivity index (χ0v) is 11.5. The minimum atomic E-state index is 0.649. The van der Waals surface area contributed by atoms with Crippen molar-refractivity contribution in [3.63, 3.8) is 0 Å². The molecule has 1 rings (SSSR count). The van der Waals surface area contributed by atoms with Crippen molar-refractivity contribution in [3.8, 4) is 0 Å². The van der Waals surface area contributed by atoms with Crippen molar-refractivity contribution in [2.75, 3.05) is 20.7 Å². The molecule has 1 aromatic carbocycles. The molecule has 100 valence electrons. The molecule has 0 aliphatic rings. The van der Waals surface area contributed by atoms with Crippen LogP contribution in [0.25, 0.3) is 0 Å². The van der Waals surface area contributed by atoms with E-state index in [1.807, 2.05) is 6.07 Å². The van der Waals surface area contributed by atoms with Gasteiger partial charge in [0.15, 0.2) is 5.96 Å². The van der Waals surface area contributed by atoms with Crippen molar-refractivity contribution in [2.45, 2.75) is 26.5 Å². The van der Waals surface area contributed by atoms with Crippen LogP contribution >= 0.6 is 0 Å². The van der Waals surface area contributed by atoms with Gasteiger partial charge in [0.2, 0.25) is 0 Å². The highest BCUT2D eigenvalue weighted by molar-refractivity contribution is 5.79. The second-order valence-electron chi connectivity index (χ2n) is 4.11. The second kappa shape index (κ2) is 8.53. The maximum atomic E-state index is 5.13. The molecule has 0 aromatic heterocycles. The lowest BCUT2D eigenvalue weighted by Gasteiger charge is -2.11.